The average molecular weight is 260 g/mol. The number of alkyl carbamates (subject to hydrolysis) is 1. The van der Waals surface area contributed by atoms with Gasteiger partial charge in [-0.25, -0.2) is 4.79 Å². The number of carbonyl (C=O) groups is 1. The molecule has 5 nitrogen and oxygen atoms in total. The lowest BCUT2D eigenvalue weighted by atomic mass is 9.90. The summed E-state index contributed by atoms with van der Waals surface area (Å²) in [5.41, 5.74) is -0.388. The molecule has 0 atom stereocenters. The van der Waals surface area contributed by atoms with Crippen molar-refractivity contribution in [2.45, 2.75) is 46.6 Å². The Labute approximate surface area is 110 Å². The van der Waals surface area contributed by atoms with Gasteiger partial charge in [-0.05, 0) is 32.6 Å². The molecule has 0 saturated carbocycles. The quantitative estimate of drug-likeness (QED) is 0.607. The maximum absolute atomic E-state index is 11.3. The molecule has 0 aromatic carbocycles. The SMILES string of the molecule is CC(C)(CCO)CNCCNC(=O)OC(C)(C)C. The lowest BCUT2D eigenvalue weighted by Crippen LogP contribution is -2.38. The molecule has 0 unspecified atom stereocenters. The number of aliphatic hydroxyl groups excluding tert-OH is 1. The fourth-order valence-corrected chi connectivity index (χ4v) is 1.38. The Kier molecular flexibility index (Phi) is 7.25. The number of amides is 1. The summed E-state index contributed by atoms with van der Waals surface area (Å²) in [6.07, 6.45) is 0.373. The van der Waals surface area contributed by atoms with E-state index in [2.05, 4.69) is 24.5 Å². The highest BCUT2D eigenvalue weighted by Crippen LogP contribution is 2.17. The molecule has 18 heavy (non-hydrogen) atoms. The zero-order chi connectivity index (χ0) is 14.2. The van der Waals surface area contributed by atoms with E-state index in [1.54, 1.807) is 0 Å². The predicted octanol–water partition coefficient (Wildman–Crippen LogP) is 1.51. The molecular weight excluding hydrogens is 232 g/mol. The smallest absolute Gasteiger partial charge is 0.407 e. The van der Waals surface area contributed by atoms with E-state index in [1.165, 1.54) is 0 Å². The van der Waals surface area contributed by atoms with Gasteiger partial charge in [-0.1, -0.05) is 13.8 Å². The van der Waals surface area contributed by atoms with Crippen LogP contribution in [0.3, 0.4) is 0 Å². The van der Waals surface area contributed by atoms with Crippen molar-refractivity contribution in [3.8, 4) is 0 Å². The summed E-state index contributed by atoms with van der Waals surface area (Å²) in [5, 5.41) is 14.8. The van der Waals surface area contributed by atoms with Crippen LogP contribution in [0.1, 0.15) is 41.0 Å². The summed E-state index contributed by atoms with van der Waals surface area (Å²) >= 11 is 0. The second kappa shape index (κ2) is 7.59. The van der Waals surface area contributed by atoms with E-state index in [1.807, 2.05) is 20.8 Å². The van der Waals surface area contributed by atoms with Gasteiger partial charge in [0.25, 0.3) is 0 Å². The molecule has 0 bridgehead atoms. The molecule has 0 heterocycles. The van der Waals surface area contributed by atoms with Crippen molar-refractivity contribution in [3.05, 3.63) is 0 Å². The summed E-state index contributed by atoms with van der Waals surface area (Å²) in [6, 6.07) is 0. The van der Waals surface area contributed by atoms with Crippen molar-refractivity contribution in [1.29, 1.82) is 0 Å². The van der Waals surface area contributed by atoms with Gasteiger partial charge < -0.3 is 20.5 Å². The number of carbonyl (C=O) groups excluding carboxylic acids is 1. The standard InChI is InChI=1S/C13H28N2O3/c1-12(2,3)18-11(17)15-8-7-14-10-13(4,5)6-9-16/h14,16H,6-10H2,1-5H3,(H,15,17). The van der Waals surface area contributed by atoms with Gasteiger partial charge in [-0.15, -0.1) is 0 Å². The van der Waals surface area contributed by atoms with Crippen LogP contribution >= 0.6 is 0 Å². The van der Waals surface area contributed by atoms with Gasteiger partial charge in [-0.3, -0.25) is 0 Å². The number of hydrogen-bond acceptors (Lipinski definition) is 4. The van der Waals surface area contributed by atoms with E-state index in [-0.39, 0.29) is 18.1 Å². The molecule has 0 aliphatic carbocycles. The van der Waals surface area contributed by atoms with Crippen LogP contribution in [0.15, 0.2) is 0 Å². The molecule has 0 aromatic heterocycles. The van der Waals surface area contributed by atoms with Crippen molar-refractivity contribution in [1.82, 2.24) is 10.6 Å². The highest BCUT2D eigenvalue weighted by Gasteiger charge is 2.17. The molecule has 5 heteroatoms. The maximum atomic E-state index is 11.3. The average Bonchev–Trinajstić information content (AvgIpc) is 2.13. The lowest BCUT2D eigenvalue weighted by molar-refractivity contribution is 0.0528. The maximum Gasteiger partial charge on any atom is 0.407 e. The second-order valence-electron chi connectivity index (χ2n) is 6.24. The minimum atomic E-state index is -0.458. The normalized spacial score (nSPS) is 12.3. The third-order valence-electron chi connectivity index (χ3n) is 2.36. The third-order valence-corrected chi connectivity index (χ3v) is 2.36. The second-order valence-corrected chi connectivity index (χ2v) is 6.24. The van der Waals surface area contributed by atoms with E-state index < -0.39 is 5.60 Å². The Morgan fingerprint density at radius 3 is 2.28 bits per heavy atom. The number of aliphatic hydroxyl groups is 1. The molecule has 0 aromatic rings. The molecule has 108 valence electrons. The van der Waals surface area contributed by atoms with Crippen molar-refractivity contribution < 1.29 is 14.6 Å². The van der Waals surface area contributed by atoms with E-state index in [4.69, 9.17) is 9.84 Å². The Morgan fingerprint density at radius 1 is 1.17 bits per heavy atom. The van der Waals surface area contributed by atoms with Crippen molar-refractivity contribution in [2.24, 2.45) is 5.41 Å². The van der Waals surface area contributed by atoms with Crippen molar-refractivity contribution >= 4 is 6.09 Å². The van der Waals surface area contributed by atoms with Crippen LogP contribution in [-0.2, 0) is 4.74 Å². The largest absolute Gasteiger partial charge is 0.444 e. The summed E-state index contributed by atoms with van der Waals surface area (Å²) < 4.78 is 5.11. The minimum absolute atomic E-state index is 0.0701. The lowest BCUT2D eigenvalue weighted by Gasteiger charge is -2.24. The fourth-order valence-electron chi connectivity index (χ4n) is 1.38. The molecule has 1 amide bonds. The summed E-state index contributed by atoms with van der Waals surface area (Å²) in [5.74, 6) is 0. The van der Waals surface area contributed by atoms with Gasteiger partial charge >= 0.3 is 6.09 Å². The monoisotopic (exact) mass is 260 g/mol. The predicted molar refractivity (Wildman–Crippen MR) is 72.6 cm³/mol. The van der Waals surface area contributed by atoms with Gasteiger partial charge in [-0.2, -0.15) is 0 Å². The van der Waals surface area contributed by atoms with Crippen LogP contribution in [0, 0.1) is 5.41 Å². The molecule has 3 N–H and O–H groups in total. The Hall–Kier alpha value is -0.810. The van der Waals surface area contributed by atoms with Crippen LogP contribution in [0.4, 0.5) is 4.79 Å². The first-order chi connectivity index (χ1) is 8.16. The molecule has 0 fully saturated rings. The van der Waals surface area contributed by atoms with E-state index in [0.717, 1.165) is 13.0 Å². The van der Waals surface area contributed by atoms with Gasteiger partial charge in [0.05, 0.1) is 0 Å². The third kappa shape index (κ3) is 10.4. The summed E-state index contributed by atoms with van der Waals surface area (Å²) in [4.78, 5) is 11.3. The van der Waals surface area contributed by atoms with Gasteiger partial charge in [0, 0.05) is 26.2 Å². The number of rotatable bonds is 7. The first-order valence-corrected chi connectivity index (χ1v) is 6.45. The molecule has 0 spiro atoms. The zero-order valence-electron chi connectivity index (χ0n) is 12.3. The highest BCUT2D eigenvalue weighted by atomic mass is 16.6. The Balaban J connectivity index is 3.60. The summed E-state index contributed by atoms with van der Waals surface area (Å²) in [6.45, 7) is 11.9. The molecule has 0 saturated heterocycles. The van der Waals surface area contributed by atoms with E-state index >= 15 is 0 Å². The highest BCUT2D eigenvalue weighted by molar-refractivity contribution is 5.67. The van der Waals surface area contributed by atoms with Gasteiger partial charge in [0.15, 0.2) is 0 Å². The van der Waals surface area contributed by atoms with Gasteiger partial charge in [0.2, 0.25) is 0 Å². The van der Waals surface area contributed by atoms with Gasteiger partial charge in [0.1, 0.15) is 5.60 Å². The fraction of sp³-hybridized carbons (Fsp3) is 0.923. The van der Waals surface area contributed by atoms with E-state index in [9.17, 15) is 4.79 Å². The molecule has 0 rings (SSSR count). The Morgan fingerprint density at radius 2 is 1.78 bits per heavy atom. The number of nitrogens with one attached hydrogen (secondary N) is 2. The molecule has 0 aliphatic rings. The van der Waals surface area contributed by atoms with Crippen LogP contribution < -0.4 is 10.6 Å². The van der Waals surface area contributed by atoms with Crippen LogP contribution in [-0.4, -0.2) is 43.0 Å². The first-order valence-electron chi connectivity index (χ1n) is 6.45. The Bertz CT molecular complexity index is 247. The molecule has 0 aliphatic heterocycles. The van der Waals surface area contributed by atoms with Crippen molar-refractivity contribution in [3.63, 3.8) is 0 Å². The zero-order valence-corrected chi connectivity index (χ0v) is 12.3. The molecular formula is C13H28N2O3. The van der Waals surface area contributed by atoms with E-state index in [0.29, 0.717) is 13.1 Å². The minimum Gasteiger partial charge on any atom is -0.444 e. The number of hydrogen-bond donors (Lipinski definition) is 3. The molecule has 0 radical (unpaired) electrons. The topological polar surface area (TPSA) is 70.6 Å². The summed E-state index contributed by atoms with van der Waals surface area (Å²) in [7, 11) is 0. The van der Waals surface area contributed by atoms with Crippen LogP contribution in [0.2, 0.25) is 0 Å². The van der Waals surface area contributed by atoms with Crippen LogP contribution in [0.25, 0.3) is 0 Å². The number of ether oxygens (including phenoxy) is 1. The first kappa shape index (κ1) is 17.2. The van der Waals surface area contributed by atoms with Crippen LogP contribution in [0.5, 0.6) is 0 Å². The van der Waals surface area contributed by atoms with Crippen molar-refractivity contribution in [2.75, 3.05) is 26.2 Å².